The Labute approximate surface area is 114 Å². The van der Waals surface area contributed by atoms with Gasteiger partial charge in [-0.3, -0.25) is 4.90 Å². The highest BCUT2D eigenvalue weighted by Gasteiger charge is 2.31. The largest absolute Gasteiger partial charge is 0.309 e. The Hall–Kier alpha value is -0.0800. The van der Waals surface area contributed by atoms with E-state index in [1.165, 1.54) is 64.6 Å². The second-order valence-electron chi connectivity index (χ2n) is 7.09. The minimum Gasteiger partial charge on any atom is -0.309 e. The van der Waals surface area contributed by atoms with Gasteiger partial charge in [-0.25, -0.2) is 0 Å². The molecule has 0 radical (unpaired) electrons. The van der Waals surface area contributed by atoms with E-state index in [-0.39, 0.29) is 0 Å². The lowest BCUT2D eigenvalue weighted by Crippen LogP contribution is -2.61. The van der Waals surface area contributed by atoms with Crippen LogP contribution in [0, 0.1) is 5.92 Å². The fourth-order valence-corrected chi connectivity index (χ4v) is 3.76. The fourth-order valence-electron chi connectivity index (χ4n) is 3.76. The molecule has 106 valence electrons. The van der Waals surface area contributed by atoms with Gasteiger partial charge in [0.05, 0.1) is 0 Å². The van der Waals surface area contributed by atoms with Gasteiger partial charge in [0, 0.05) is 24.7 Å². The first-order valence-corrected chi connectivity index (χ1v) is 8.10. The molecule has 1 unspecified atom stereocenters. The molecule has 1 atom stereocenters. The highest BCUT2D eigenvalue weighted by atomic mass is 15.2. The molecule has 2 nitrogen and oxygen atoms in total. The van der Waals surface area contributed by atoms with Gasteiger partial charge in [0.1, 0.15) is 0 Å². The quantitative estimate of drug-likeness (QED) is 0.806. The topological polar surface area (TPSA) is 15.3 Å². The van der Waals surface area contributed by atoms with Crippen LogP contribution in [0.2, 0.25) is 0 Å². The monoisotopic (exact) mass is 252 g/mol. The van der Waals surface area contributed by atoms with Crippen molar-refractivity contribution < 1.29 is 0 Å². The summed E-state index contributed by atoms with van der Waals surface area (Å²) < 4.78 is 0. The second kappa shape index (κ2) is 6.38. The van der Waals surface area contributed by atoms with Crippen LogP contribution in [0.25, 0.3) is 0 Å². The van der Waals surface area contributed by atoms with Crippen molar-refractivity contribution in [2.24, 2.45) is 5.92 Å². The summed E-state index contributed by atoms with van der Waals surface area (Å²) in [5.74, 6) is 1.06. The first-order chi connectivity index (χ1) is 8.61. The Bertz CT molecular complexity index is 243. The summed E-state index contributed by atoms with van der Waals surface area (Å²) in [6.45, 7) is 10.7. The molecule has 18 heavy (non-hydrogen) atoms. The van der Waals surface area contributed by atoms with Crippen molar-refractivity contribution in [3.8, 4) is 0 Å². The molecule has 2 rings (SSSR count). The number of nitrogens with one attached hydrogen (secondary N) is 1. The molecule has 1 N–H and O–H groups in total. The summed E-state index contributed by atoms with van der Waals surface area (Å²) >= 11 is 0. The van der Waals surface area contributed by atoms with Crippen molar-refractivity contribution in [3.05, 3.63) is 0 Å². The maximum absolute atomic E-state index is 3.68. The maximum Gasteiger partial charge on any atom is 0.0252 e. The summed E-state index contributed by atoms with van der Waals surface area (Å²) in [7, 11) is 0. The zero-order valence-corrected chi connectivity index (χ0v) is 12.7. The van der Waals surface area contributed by atoms with E-state index in [1.54, 1.807) is 0 Å². The Morgan fingerprint density at radius 2 is 1.94 bits per heavy atom. The Morgan fingerprint density at radius 1 is 1.22 bits per heavy atom. The van der Waals surface area contributed by atoms with E-state index in [9.17, 15) is 0 Å². The van der Waals surface area contributed by atoms with Crippen LogP contribution in [0.15, 0.2) is 0 Å². The highest BCUT2D eigenvalue weighted by molar-refractivity contribution is 4.91. The molecule has 0 aromatic heterocycles. The van der Waals surface area contributed by atoms with Crippen molar-refractivity contribution in [2.45, 2.75) is 77.3 Å². The molecule has 0 spiro atoms. The smallest absolute Gasteiger partial charge is 0.0252 e. The third-order valence-electron chi connectivity index (χ3n) is 4.93. The summed E-state index contributed by atoms with van der Waals surface area (Å²) in [5.41, 5.74) is 0.305. The first-order valence-electron chi connectivity index (χ1n) is 8.10. The van der Waals surface area contributed by atoms with Crippen LogP contribution in [0.1, 0.15) is 65.7 Å². The molecule has 2 aliphatic rings. The Morgan fingerprint density at radius 3 is 2.61 bits per heavy atom. The van der Waals surface area contributed by atoms with E-state index in [0.717, 1.165) is 12.0 Å². The third-order valence-corrected chi connectivity index (χ3v) is 4.93. The van der Waals surface area contributed by atoms with Gasteiger partial charge in [-0.15, -0.1) is 0 Å². The molecule has 1 aliphatic carbocycles. The first kappa shape index (κ1) is 14.3. The molecule has 2 fully saturated rings. The van der Waals surface area contributed by atoms with Crippen LogP contribution >= 0.6 is 0 Å². The van der Waals surface area contributed by atoms with E-state index in [2.05, 4.69) is 31.0 Å². The van der Waals surface area contributed by atoms with Gasteiger partial charge in [0.25, 0.3) is 0 Å². The lowest BCUT2D eigenvalue weighted by molar-refractivity contribution is 0.0897. The molecule has 0 aromatic carbocycles. The van der Waals surface area contributed by atoms with Gasteiger partial charge < -0.3 is 5.32 Å². The predicted octanol–water partition coefficient (Wildman–Crippen LogP) is 3.42. The molecular weight excluding hydrogens is 220 g/mol. The Balaban J connectivity index is 1.74. The lowest BCUT2D eigenvalue weighted by Gasteiger charge is -2.44. The lowest BCUT2D eigenvalue weighted by atomic mass is 9.96. The van der Waals surface area contributed by atoms with Gasteiger partial charge in [0.2, 0.25) is 0 Å². The Kier molecular flexibility index (Phi) is 5.08. The fraction of sp³-hybridized carbons (Fsp3) is 1.00. The van der Waals surface area contributed by atoms with Gasteiger partial charge in [-0.05, 0) is 45.6 Å². The molecular formula is C16H32N2. The number of rotatable bonds is 5. The molecule has 2 heteroatoms. The van der Waals surface area contributed by atoms with Crippen LogP contribution < -0.4 is 5.32 Å². The maximum atomic E-state index is 3.68. The average molecular weight is 252 g/mol. The van der Waals surface area contributed by atoms with E-state index < -0.39 is 0 Å². The molecule has 1 aliphatic heterocycles. The van der Waals surface area contributed by atoms with Crippen LogP contribution in [-0.2, 0) is 0 Å². The van der Waals surface area contributed by atoms with E-state index >= 15 is 0 Å². The average Bonchev–Trinajstić information content (AvgIpc) is 2.81. The zero-order valence-electron chi connectivity index (χ0n) is 12.7. The van der Waals surface area contributed by atoms with Gasteiger partial charge in [-0.2, -0.15) is 0 Å². The SMILES string of the molecule is CCC1CNC(C)(C)CN1CCCC1CCCC1. The molecule has 0 bridgehead atoms. The zero-order chi connectivity index (χ0) is 13.0. The normalized spacial score (nSPS) is 29.8. The summed E-state index contributed by atoms with van der Waals surface area (Å²) in [4.78, 5) is 2.74. The number of hydrogen-bond donors (Lipinski definition) is 1. The second-order valence-corrected chi connectivity index (χ2v) is 7.09. The van der Waals surface area contributed by atoms with E-state index in [0.29, 0.717) is 5.54 Å². The van der Waals surface area contributed by atoms with Crippen molar-refractivity contribution in [1.82, 2.24) is 10.2 Å². The highest BCUT2D eigenvalue weighted by Crippen LogP contribution is 2.29. The van der Waals surface area contributed by atoms with E-state index in [1.807, 2.05) is 0 Å². The minimum absolute atomic E-state index is 0.305. The van der Waals surface area contributed by atoms with Gasteiger partial charge in [0.15, 0.2) is 0 Å². The molecule has 0 aromatic rings. The number of nitrogens with zero attached hydrogens (tertiary/aromatic N) is 1. The molecule has 1 heterocycles. The number of hydrogen-bond acceptors (Lipinski definition) is 2. The standard InChI is InChI=1S/C16H32N2/c1-4-15-12-17-16(2,3)13-18(15)11-7-10-14-8-5-6-9-14/h14-15,17H,4-13H2,1-3H3. The van der Waals surface area contributed by atoms with Gasteiger partial charge >= 0.3 is 0 Å². The summed E-state index contributed by atoms with van der Waals surface area (Å²) in [6.07, 6.45) is 10.2. The van der Waals surface area contributed by atoms with Crippen molar-refractivity contribution in [2.75, 3.05) is 19.6 Å². The summed E-state index contributed by atoms with van der Waals surface area (Å²) in [6, 6.07) is 0.765. The van der Waals surface area contributed by atoms with Crippen LogP contribution in [0.3, 0.4) is 0 Å². The summed E-state index contributed by atoms with van der Waals surface area (Å²) in [5, 5.41) is 3.68. The molecule has 1 saturated carbocycles. The van der Waals surface area contributed by atoms with Crippen molar-refractivity contribution in [3.63, 3.8) is 0 Å². The van der Waals surface area contributed by atoms with Crippen LogP contribution in [0.4, 0.5) is 0 Å². The van der Waals surface area contributed by atoms with Crippen molar-refractivity contribution in [1.29, 1.82) is 0 Å². The van der Waals surface area contributed by atoms with E-state index in [4.69, 9.17) is 0 Å². The number of piperazine rings is 1. The van der Waals surface area contributed by atoms with Crippen LogP contribution in [-0.4, -0.2) is 36.1 Å². The minimum atomic E-state index is 0.305. The molecule has 0 amide bonds. The van der Waals surface area contributed by atoms with Crippen molar-refractivity contribution >= 4 is 0 Å². The van der Waals surface area contributed by atoms with Crippen LogP contribution in [0.5, 0.6) is 0 Å². The molecule has 1 saturated heterocycles. The third kappa shape index (κ3) is 3.96. The predicted molar refractivity (Wildman–Crippen MR) is 78.9 cm³/mol. The van der Waals surface area contributed by atoms with Gasteiger partial charge in [-0.1, -0.05) is 32.6 Å².